The summed E-state index contributed by atoms with van der Waals surface area (Å²) in [6, 6.07) is 19.7. The molecule has 2 aliphatic heterocycles. The van der Waals surface area contributed by atoms with Crippen molar-refractivity contribution < 1.29 is 9.59 Å². The molecule has 2 aromatic carbocycles. The first-order chi connectivity index (χ1) is 14.7. The Morgan fingerprint density at radius 1 is 1.00 bits per heavy atom. The Hall–Kier alpha value is -3.25. The smallest absolute Gasteiger partial charge is 0.242 e. The van der Waals surface area contributed by atoms with Crippen LogP contribution in [0.3, 0.4) is 0 Å². The Morgan fingerprint density at radius 2 is 1.80 bits per heavy atom. The normalized spacial score (nSPS) is 15.9. The van der Waals surface area contributed by atoms with Gasteiger partial charge in [0, 0.05) is 18.0 Å². The molecule has 2 aliphatic rings. The van der Waals surface area contributed by atoms with Gasteiger partial charge in [-0.25, -0.2) is 4.99 Å². The average Bonchev–Trinajstić information content (AvgIpc) is 3.27. The van der Waals surface area contributed by atoms with Gasteiger partial charge in [-0.15, -0.1) is 11.3 Å². The van der Waals surface area contributed by atoms with E-state index in [1.165, 1.54) is 11.1 Å². The molecule has 0 saturated carbocycles. The zero-order valence-electron chi connectivity index (χ0n) is 16.5. The monoisotopic (exact) mass is 415 g/mol. The highest BCUT2D eigenvalue weighted by atomic mass is 32.1. The van der Waals surface area contributed by atoms with Crippen molar-refractivity contribution in [3.8, 4) is 0 Å². The summed E-state index contributed by atoms with van der Waals surface area (Å²) in [5, 5.41) is 1.98. The fourth-order valence-corrected chi connectivity index (χ4v) is 4.76. The number of carbonyl (C=O) groups is 2. The fraction of sp³-hybridized carbons (Fsp3) is 0.208. The number of thiophene rings is 1. The van der Waals surface area contributed by atoms with E-state index in [1.54, 1.807) is 16.2 Å². The summed E-state index contributed by atoms with van der Waals surface area (Å²) in [5.74, 6) is -0.134. The van der Waals surface area contributed by atoms with E-state index in [-0.39, 0.29) is 24.8 Å². The first-order valence-corrected chi connectivity index (χ1v) is 10.9. The molecule has 150 valence electrons. The second-order valence-electron chi connectivity index (χ2n) is 7.52. The molecule has 3 heterocycles. The predicted octanol–water partition coefficient (Wildman–Crippen LogP) is 4.19. The van der Waals surface area contributed by atoms with Crippen LogP contribution in [0, 0.1) is 0 Å². The van der Waals surface area contributed by atoms with E-state index < -0.39 is 0 Å². The third-order valence-corrected chi connectivity index (χ3v) is 6.55. The van der Waals surface area contributed by atoms with Gasteiger partial charge in [-0.05, 0) is 41.1 Å². The van der Waals surface area contributed by atoms with Gasteiger partial charge >= 0.3 is 0 Å². The van der Waals surface area contributed by atoms with Gasteiger partial charge in [0.1, 0.15) is 6.54 Å². The van der Waals surface area contributed by atoms with Crippen molar-refractivity contribution in [3.63, 3.8) is 0 Å². The SMILES string of the molecule is O=C(CN1C(=O)CC(c2cccs2)=Nc2ccccc21)N1CCc2ccccc2C1. The molecule has 5 rings (SSSR count). The standard InChI is InChI=1S/C24H21N3O2S/c28-23-14-20(22-10-5-13-30-22)25-19-8-3-4-9-21(19)27(23)16-24(29)26-12-11-17-6-1-2-7-18(17)15-26/h1-10,13H,11-12,14-16H2. The summed E-state index contributed by atoms with van der Waals surface area (Å²) in [6.45, 7) is 1.30. The third-order valence-electron chi connectivity index (χ3n) is 5.63. The third kappa shape index (κ3) is 3.55. The van der Waals surface area contributed by atoms with E-state index in [1.807, 2.05) is 58.8 Å². The van der Waals surface area contributed by atoms with E-state index >= 15 is 0 Å². The predicted molar refractivity (Wildman–Crippen MR) is 119 cm³/mol. The number of anilines is 1. The number of carbonyl (C=O) groups excluding carboxylic acids is 2. The Labute approximate surface area is 179 Å². The number of para-hydroxylation sites is 2. The molecule has 0 fully saturated rings. The van der Waals surface area contributed by atoms with E-state index in [9.17, 15) is 9.59 Å². The maximum Gasteiger partial charge on any atom is 0.242 e. The molecule has 0 saturated heterocycles. The molecule has 0 aliphatic carbocycles. The van der Waals surface area contributed by atoms with Gasteiger partial charge in [-0.3, -0.25) is 9.59 Å². The Morgan fingerprint density at radius 3 is 2.63 bits per heavy atom. The van der Waals surface area contributed by atoms with Gasteiger partial charge in [0.25, 0.3) is 0 Å². The van der Waals surface area contributed by atoms with Crippen LogP contribution in [0.15, 0.2) is 71.0 Å². The van der Waals surface area contributed by atoms with Crippen molar-refractivity contribution in [1.29, 1.82) is 0 Å². The topological polar surface area (TPSA) is 53.0 Å². The molecule has 0 spiro atoms. The molecule has 0 N–H and O–H groups in total. The highest BCUT2D eigenvalue weighted by Gasteiger charge is 2.29. The number of fused-ring (bicyclic) bond motifs is 2. The highest BCUT2D eigenvalue weighted by molar-refractivity contribution is 7.12. The molecule has 6 heteroatoms. The van der Waals surface area contributed by atoms with Crippen LogP contribution in [0.2, 0.25) is 0 Å². The van der Waals surface area contributed by atoms with Crippen molar-refractivity contribution >= 4 is 40.2 Å². The van der Waals surface area contributed by atoms with Gasteiger partial charge in [-0.1, -0.05) is 42.5 Å². The minimum absolute atomic E-state index is 0.0330. The molecular weight excluding hydrogens is 394 g/mol. The lowest BCUT2D eigenvalue weighted by Crippen LogP contribution is -2.45. The molecule has 0 unspecified atom stereocenters. The van der Waals surface area contributed by atoms with E-state index in [2.05, 4.69) is 12.1 Å². The van der Waals surface area contributed by atoms with Crippen molar-refractivity contribution in [3.05, 3.63) is 82.0 Å². The second kappa shape index (κ2) is 7.88. The number of hydrogen-bond donors (Lipinski definition) is 0. The highest BCUT2D eigenvalue weighted by Crippen LogP contribution is 2.33. The van der Waals surface area contributed by atoms with Crippen molar-refractivity contribution in [2.75, 3.05) is 18.0 Å². The van der Waals surface area contributed by atoms with E-state index in [0.717, 1.165) is 22.7 Å². The van der Waals surface area contributed by atoms with Crippen LogP contribution in [-0.4, -0.2) is 35.5 Å². The summed E-state index contributed by atoms with van der Waals surface area (Å²) in [5.41, 5.74) is 4.65. The summed E-state index contributed by atoms with van der Waals surface area (Å²) >= 11 is 1.57. The molecule has 30 heavy (non-hydrogen) atoms. The quantitative estimate of drug-likeness (QED) is 0.644. The maximum atomic E-state index is 13.2. The van der Waals surface area contributed by atoms with Gasteiger partial charge in [0.05, 0.1) is 23.5 Å². The van der Waals surface area contributed by atoms with Crippen LogP contribution in [0.25, 0.3) is 0 Å². The minimum atomic E-state index is -0.0992. The summed E-state index contributed by atoms with van der Waals surface area (Å²) in [7, 11) is 0. The van der Waals surface area contributed by atoms with Crippen LogP contribution in [0.5, 0.6) is 0 Å². The Bertz CT molecular complexity index is 1140. The van der Waals surface area contributed by atoms with Crippen molar-refractivity contribution in [1.82, 2.24) is 4.90 Å². The van der Waals surface area contributed by atoms with Crippen LogP contribution < -0.4 is 4.90 Å². The zero-order chi connectivity index (χ0) is 20.5. The van der Waals surface area contributed by atoms with Gasteiger partial charge in [0.2, 0.25) is 11.8 Å². The van der Waals surface area contributed by atoms with E-state index in [4.69, 9.17) is 4.99 Å². The van der Waals surface area contributed by atoms with Crippen LogP contribution >= 0.6 is 11.3 Å². The van der Waals surface area contributed by atoms with Gasteiger partial charge < -0.3 is 9.80 Å². The van der Waals surface area contributed by atoms with Crippen LogP contribution in [-0.2, 0) is 22.6 Å². The fourth-order valence-electron chi connectivity index (χ4n) is 4.05. The van der Waals surface area contributed by atoms with Crippen LogP contribution in [0.4, 0.5) is 11.4 Å². The van der Waals surface area contributed by atoms with Gasteiger partial charge in [-0.2, -0.15) is 0 Å². The van der Waals surface area contributed by atoms with Crippen molar-refractivity contribution in [2.45, 2.75) is 19.4 Å². The Kier molecular flexibility index (Phi) is 4.93. The number of hydrogen-bond acceptors (Lipinski definition) is 4. The molecule has 5 nitrogen and oxygen atoms in total. The van der Waals surface area contributed by atoms with E-state index in [0.29, 0.717) is 18.8 Å². The summed E-state index contributed by atoms with van der Waals surface area (Å²) in [4.78, 5) is 35.5. The molecule has 2 amide bonds. The summed E-state index contributed by atoms with van der Waals surface area (Å²) in [6.07, 6.45) is 1.03. The first-order valence-electron chi connectivity index (χ1n) is 10.0. The number of nitrogens with zero attached hydrogens (tertiary/aromatic N) is 3. The lowest BCUT2D eigenvalue weighted by molar-refractivity contribution is -0.132. The first kappa shape index (κ1) is 18.8. The molecule has 1 aromatic heterocycles. The molecule has 0 atom stereocenters. The number of aliphatic imine (C=N–C) groups is 1. The van der Waals surface area contributed by atoms with Gasteiger partial charge in [0.15, 0.2) is 0 Å². The zero-order valence-corrected chi connectivity index (χ0v) is 17.3. The van der Waals surface area contributed by atoms with Crippen molar-refractivity contribution in [2.24, 2.45) is 4.99 Å². The minimum Gasteiger partial charge on any atom is -0.336 e. The average molecular weight is 416 g/mol. The molecular formula is C24H21N3O2S. The molecule has 0 radical (unpaired) electrons. The number of rotatable bonds is 3. The Balaban J connectivity index is 1.40. The molecule has 3 aromatic rings. The second-order valence-corrected chi connectivity index (χ2v) is 8.46. The largest absolute Gasteiger partial charge is 0.336 e. The number of benzene rings is 2. The lowest BCUT2D eigenvalue weighted by atomic mass is 10.00. The maximum absolute atomic E-state index is 13.2. The molecule has 0 bridgehead atoms. The number of amides is 2. The van der Waals surface area contributed by atoms with Crippen LogP contribution in [0.1, 0.15) is 22.4 Å². The lowest BCUT2D eigenvalue weighted by Gasteiger charge is -2.31. The summed E-state index contributed by atoms with van der Waals surface area (Å²) < 4.78 is 0.